The number of hydrogen-bond donors (Lipinski definition) is 23. The third kappa shape index (κ3) is 32.3. The van der Waals surface area contributed by atoms with Gasteiger partial charge in [-0.05, 0) is 158 Å². The minimum atomic E-state index is -2.06. The number of fused-ring (bicyclic) bond motifs is 2. The number of carbonyl (C=O) groups is 17. The van der Waals surface area contributed by atoms with E-state index in [1.54, 1.807) is 72.9 Å². The van der Waals surface area contributed by atoms with Gasteiger partial charge in [0.2, 0.25) is 94.5 Å². The van der Waals surface area contributed by atoms with Gasteiger partial charge in [0.25, 0.3) is 0 Å². The van der Waals surface area contributed by atoms with Crippen LogP contribution in [0.5, 0.6) is 5.75 Å². The second kappa shape index (κ2) is 49.2. The molecule has 18 amide bonds. The number of aromatic amines is 1. The van der Waals surface area contributed by atoms with Crippen LogP contribution in [0.15, 0.2) is 91.1 Å². The van der Waals surface area contributed by atoms with E-state index in [2.05, 4.69) is 79.4 Å². The number of nitrogens with two attached hydrogens (primary N) is 6. The van der Waals surface area contributed by atoms with Gasteiger partial charge in [-0.1, -0.05) is 94.4 Å². The van der Waals surface area contributed by atoms with Gasteiger partial charge in [0.15, 0.2) is 0 Å². The van der Waals surface area contributed by atoms with Gasteiger partial charge in [0, 0.05) is 79.3 Å². The Bertz CT molecular complexity index is 4800. The van der Waals surface area contributed by atoms with E-state index in [0.717, 1.165) is 53.3 Å². The first-order valence-corrected chi connectivity index (χ1v) is 44.1. The Hall–Kier alpha value is -12.2. The SMILES string of the molecule is CC(=O)NCCCC[C@H](NC(=O)[C@](C)(CCCCN)NC(=O)[C@H](Cc1ccc2ccccc2c1)NC(=O)[C@H](Cc1ccc(OCCN)cc1)NC(=O)[C@H]1NC(=O)[C@H](CCCNC(N)=O)NC(=O)[C@H](Cc2c[nH]c3c(C)cccc23)NC(=O)[C@H]([C@@H](C)O)NC(=O)[C@H](CC(N)=O)NC(=O)[C@@H](NC(C)=O)C(C)(C)SSC1(C)C)C(=O)N[C@@H](CC(N)=O)C(=O)N[C@@H](C(N)=O)[C@H](C)O. The number of ether oxygens (including phenoxy) is 1. The molecule has 14 atom stereocenters. The fourth-order valence-electron chi connectivity index (χ4n) is 14.1. The monoisotopic (exact) mass is 1820 g/mol. The normalized spacial score (nSPS) is 19.6. The van der Waals surface area contributed by atoms with Crippen molar-refractivity contribution < 1.29 is 96.5 Å². The van der Waals surface area contributed by atoms with Crippen LogP contribution in [-0.2, 0) is 96.0 Å². The summed E-state index contributed by atoms with van der Waals surface area (Å²) < 4.78 is 2.50. The summed E-state index contributed by atoms with van der Waals surface area (Å²) in [6, 6.07) is 3.64. The van der Waals surface area contributed by atoms with Crippen molar-refractivity contribution in [2.24, 2.45) is 34.4 Å². The molecule has 0 spiro atoms. The van der Waals surface area contributed by atoms with Crippen LogP contribution in [0, 0.1) is 6.92 Å². The predicted molar refractivity (Wildman–Crippen MR) is 478 cm³/mol. The highest BCUT2D eigenvalue weighted by Crippen LogP contribution is 2.47. The molecule has 700 valence electrons. The van der Waals surface area contributed by atoms with Crippen LogP contribution in [0.25, 0.3) is 21.7 Å². The zero-order valence-electron chi connectivity index (χ0n) is 73.4. The van der Waals surface area contributed by atoms with Crippen molar-refractivity contribution in [3.05, 3.63) is 113 Å². The molecule has 4 aromatic carbocycles. The van der Waals surface area contributed by atoms with Crippen LogP contribution < -0.4 is 114 Å². The number of para-hydroxylation sites is 1. The average Bonchev–Trinajstić information content (AvgIpc) is 1.61. The molecule has 29 N–H and O–H groups in total. The quantitative estimate of drug-likeness (QED) is 0.0137. The Balaban J connectivity index is 1.54. The molecular formula is C85H123N21O20S2. The summed E-state index contributed by atoms with van der Waals surface area (Å²) in [7, 11) is 1.76. The summed E-state index contributed by atoms with van der Waals surface area (Å²) in [5.41, 5.74) is 34.5. The average molecular weight is 1820 g/mol. The number of rotatable bonds is 42. The van der Waals surface area contributed by atoms with Crippen LogP contribution in [0.1, 0.15) is 149 Å². The minimum absolute atomic E-state index is 0.101. The molecule has 41 nitrogen and oxygen atoms in total. The third-order valence-electron chi connectivity index (χ3n) is 21.1. The molecule has 0 bridgehead atoms. The molecule has 2 heterocycles. The number of amides is 18. The van der Waals surface area contributed by atoms with E-state index in [4.69, 9.17) is 39.1 Å². The van der Waals surface area contributed by atoms with E-state index in [9.17, 15) is 63.0 Å². The second-order valence-electron chi connectivity index (χ2n) is 32.9. The molecule has 1 saturated heterocycles. The van der Waals surface area contributed by atoms with Gasteiger partial charge in [-0.15, -0.1) is 0 Å². The molecule has 5 aromatic rings. The van der Waals surface area contributed by atoms with Crippen molar-refractivity contribution in [2.45, 2.75) is 246 Å². The fraction of sp³-hybridized carbons (Fsp3) is 0.518. The first-order valence-electron chi connectivity index (χ1n) is 41.9. The topological polar surface area (TPSA) is 680 Å². The number of aromatic nitrogens is 1. The standard InChI is InChI=1S/C85H123N21O20S2/c1-44-19-17-22-55-53(43-94-65(44)55)40-60-74(117)96-56(24-18-35-93-82(91)125)72(115)105-69(84(8,9)128-127-83(6,7)68(95-48(5)110)79(122)101-62(42-64(89)112)76(119)104-67(46(3)108)78(121)99-60)80(123)100-58(38-49-26-29-54(30-27-49)126-36-33-87)73(116)97-59(39-50-25-28-51-20-11-12-21-52(51)37-50)77(120)106-85(10,31-14-15-32-86)81(124)102-57(23-13-16-34-92-47(4)109)71(114)98-61(41-63(88)111)75(118)103-66(45(2)107)70(90)113/h11-12,17,19-22,25-30,37,43,45-46,56-62,66-69,94,107-108H,13-16,18,23-24,31-36,38-42,86-87H2,1-10H3,(H2,88,111)(H2,89,112)(H2,90,113)(H,92,109)(H,95,110)(H,96,117)(H,97,116)(H,98,114)(H,99,121)(H,100,123)(H,101,122)(H,102,124)(H,103,118)(H,104,119)(H,105,115)(H,106,120)(H3,91,93,125)/t45-,46+,56-,57-,58-,59-,60-,61-,62-,66+,67-,68+,69+,85-/m0/s1. The highest BCUT2D eigenvalue weighted by atomic mass is 33.1. The highest BCUT2D eigenvalue weighted by Gasteiger charge is 2.47. The lowest BCUT2D eigenvalue weighted by atomic mass is 9.91. The molecule has 6 rings (SSSR count). The van der Waals surface area contributed by atoms with Crippen molar-refractivity contribution in [1.82, 2.24) is 79.4 Å². The van der Waals surface area contributed by atoms with Gasteiger partial charge in [-0.2, -0.15) is 0 Å². The van der Waals surface area contributed by atoms with Crippen molar-refractivity contribution in [3.63, 3.8) is 0 Å². The predicted octanol–water partition coefficient (Wildman–Crippen LogP) is -2.94. The van der Waals surface area contributed by atoms with Crippen LogP contribution in [0.2, 0.25) is 0 Å². The molecule has 1 aromatic heterocycles. The molecule has 43 heteroatoms. The van der Waals surface area contributed by atoms with Crippen LogP contribution in [0.4, 0.5) is 4.79 Å². The maximum absolute atomic E-state index is 16.3. The highest BCUT2D eigenvalue weighted by molar-refractivity contribution is 8.77. The summed E-state index contributed by atoms with van der Waals surface area (Å²) >= 11 is 0. The van der Waals surface area contributed by atoms with Gasteiger partial charge in [0.05, 0.1) is 25.0 Å². The third-order valence-corrected chi connectivity index (χ3v) is 25.4. The van der Waals surface area contributed by atoms with E-state index in [1.165, 1.54) is 41.5 Å². The Labute approximate surface area is 748 Å². The molecule has 0 aliphatic carbocycles. The number of nitrogens with one attached hydrogen (secondary N) is 15. The van der Waals surface area contributed by atoms with Crippen LogP contribution in [0.3, 0.4) is 0 Å². The first kappa shape index (κ1) is 105. The molecule has 128 heavy (non-hydrogen) atoms. The number of aliphatic hydroxyl groups is 2. The number of urea groups is 1. The zero-order chi connectivity index (χ0) is 95.1. The van der Waals surface area contributed by atoms with Crippen molar-refractivity contribution in [1.29, 1.82) is 0 Å². The second-order valence-corrected chi connectivity index (χ2v) is 36.3. The summed E-state index contributed by atoms with van der Waals surface area (Å²) in [5.74, 6) is -16.3. The summed E-state index contributed by atoms with van der Waals surface area (Å²) in [4.78, 5) is 245. The Morgan fingerprint density at radius 3 is 1.80 bits per heavy atom. The zero-order valence-corrected chi connectivity index (χ0v) is 75.1. The van der Waals surface area contributed by atoms with Gasteiger partial charge in [-0.25, -0.2) is 4.79 Å². The molecule has 1 fully saturated rings. The van der Waals surface area contributed by atoms with E-state index >= 15 is 28.8 Å². The van der Waals surface area contributed by atoms with E-state index in [1.807, 2.05) is 25.1 Å². The smallest absolute Gasteiger partial charge is 0.312 e. The van der Waals surface area contributed by atoms with E-state index in [-0.39, 0.29) is 103 Å². The molecule has 0 radical (unpaired) electrons. The largest absolute Gasteiger partial charge is 0.492 e. The molecule has 1 aliphatic rings. The molecular weight excluding hydrogens is 1700 g/mol. The molecule has 0 unspecified atom stereocenters. The Kier molecular flexibility index (Phi) is 40.2. The van der Waals surface area contributed by atoms with Crippen LogP contribution in [-0.4, -0.2) is 242 Å². The lowest BCUT2D eigenvalue weighted by molar-refractivity contribution is -0.138. The van der Waals surface area contributed by atoms with Gasteiger partial charge in [0.1, 0.15) is 84.4 Å². The summed E-state index contributed by atoms with van der Waals surface area (Å²) in [6.45, 7) is 14.1. The van der Waals surface area contributed by atoms with E-state index in [0.29, 0.717) is 38.7 Å². The lowest BCUT2D eigenvalue weighted by Gasteiger charge is -2.39. The number of aliphatic hydroxyl groups excluding tert-OH is 2. The maximum Gasteiger partial charge on any atom is 0.312 e. The summed E-state index contributed by atoms with van der Waals surface area (Å²) in [6.07, 6.45) is -4.68. The van der Waals surface area contributed by atoms with Gasteiger partial charge >= 0.3 is 6.03 Å². The van der Waals surface area contributed by atoms with Crippen molar-refractivity contribution in [2.75, 3.05) is 32.8 Å². The van der Waals surface area contributed by atoms with Crippen molar-refractivity contribution >= 4 is 144 Å². The van der Waals surface area contributed by atoms with Gasteiger partial charge < -0.3 is 129 Å². The van der Waals surface area contributed by atoms with Crippen LogP contribution >= 0.6 is 21.6 Å². The number of carbonyl (C=O) groups excluding carboxylic acids is 17. The Morgan fingerprint density at radius 2 is 1.18 bits per heavy atom. The maximum atomic E-state index is 16.3. The number of hydrogen-bond acceptors (Lipinski definition) is 24. The first-order chi connectivity index (χ1) is 60.3. The lowest BCUT2D eigenvalue weighted by Crippen LogP contribution is -2.65. The Morgan fingerprint density at radius 1 is 0.578 bits per heavy atom. The number of benzene rings is 4. The van der Waals surface area contributed by atoms with E-state index < -0.39 is 208 Å². The van der Waals surface area contributed by atoms with Crippen molar-refractivity contribution in [3.8, 4) is 5.75 Å². The summed E-state index contributed by atoms with van der Waals surface area (Å²) in [5, 5.41) is 60.1. The number of aryl methyl sites for hydroxylation is 1. The molecule has 1 aliphatic heterocycles. The minimum Gasteiger partial charge on any atom is -0.492 e. The number of H-pyrrole nitrogens is 1. The fourth-order valence-corrected chi connectivity index (χ4v) is 16.9. The number of unbranched alkanes of at least 4 members (excludes halogenated alkanes) is 2. The molecule has 0 saturated carbocycles. The number of primary amides is 4. The van der Waals surface area contributed by atoms with Gasteiger partial charge in [-0.3, -0.25) is 76.7 Å².